The fourth-order valence-electron chi connectivity index (χ4n) is 3.15. The van der Waals surface area contributed by atoms with E-state index in [2.05, 4.69) is 24.0 Å². The highest BCUT2D eigenvalue weighted by Gasteiger charge is 2.14. The van der Waals surface area contributed by atoms with Crippen molar-refractivity contribution in [2.75, 3.05) is 5.73 Å². The van der Waals surface area contributed by atoms with E-state index in [1.807, 2.05) is 35.1 Å². The van der Waals surface area contributed by atoms with Crippen LogP contribution in [0.4, 0.5) is 10.2 Å². The molecule has 0 amide bonds. The summed E-state index contributed by atoms with van der Waals surface area (Å²) in [5.74, 6) is -0.247. The van der Waals surface area contributed by atoms with Crippen LogP contribution in [0, 0.1) is 17.1 Å². The molecule has 134 valence electrons. The summed E-state index contributed by atoms with van der Waals surface area (Å²) in [6, 6.07) is 14.1. The van der Waals surface area contributed by atoms with E-state index in [-0.39, 0.29) is 11.6 Å². The van der Waals surface area contributed by atoms with Gasteiger partial charge in [-0.15, -0.1) is 0 Å². The average Bonchev–Trinajstić information content (AvgIpc) is 3.24. The second kappa shape index (κ2) is 6.25. The molecule has 0 fully saturated rings. The summed E-state index contributed by atoms with van der Waals surface area (Å²) in [7, 11) is 0. The number of benzene rings is 2. The molecule has 2 aromatic heterocycles. The third kappa shape index (κ3) is 2.81. The first kappa shape index (κ1) is 16.8. The molecule has 0 aliphatic carbocycles. The Bertz CT molecular complexity index is 1200. The highest BCUT2D eigenvalue weighted by Crippen LogP contribution is 2.28. The van der Waals surface area contributed by atoms with Gasteiger partial charge in [-0.1, -0.05) is 6.07 Å². The Labute approximate surface area is 155 Å². The van der Waals surface area contributed by atoms with Gasteiger partial charge >= 0.3 is 0 Å². The van der Waals surface area contributed by atoms with Crippen molar-refractivity contribution in [3.63, 3.8) is 0 Å². The summed E-state index contributed by atoms with van der Waals surface area (Å²) < 4.78 is 17.7. The molecule has 27 heavy (non-hydrogen) atoms. The number of halogens is 1. The molecule has 2 N–H and O–H groups in total. The molecule has 4 rings (SSSR count). The Morgan fingerprint density at radius 2 is 1.96 bits per heavy atom. The standard InChI is InChI=1S/C20H17FN6/c1-12(2)26-18-6-5-16(7-15(18)11-24-26)27-19(9-20(23)25-27)13-3-4-14(10-22)17(21)8-13/h3-9,11-12H,1-2H3,(H2,23,25). The van der Waals surface area contributed by atoms with Gasteiger partial charge in [0.2, 0.25) is 0 Å². The Morgan fingerprint density at radius 1 is 1.15 bits per heavy atom. The first-order chi connectivity index (χ1) is 13.0. The predicted octanol–water partition coefficient (Wildman–Crippen LogP) is 4.06. The average molecular weight is 360 g/mol. The zero-order chi connectivity index (χ0) is 19.1. The van der Waals surface area contributed by atoms with Gasteiger partial charge in [-0.05, 0) is 44.2 Å². The molecule has 6 nitrogen and oxygen atoms in total. The summed E-state index contributed by atoms with van der Waals surface area (Å²) >= 11 is 0. The maximum absolute atomic E-state index is 14.1. The van der Waals surface area contributed by atoms with Crippen LogP contribution >= 0.6 is 0 Å². The molecule has 0 spiro atoms. The molecule has 0 atom stereocenters. The first-order valence-electron chi connectivity index (χ1n) is 8.51. The van der Waals surface area contributed by atoms with E-state index >= 15 is 0 Å². The molecule has 0 bridgehead atoms. The summed E-state index contributed by atoms with van der Waals surface area (Å²) in [5.41, 5.74) is 8.97. The van der Waals surface area contributed by atoms with Gasteiger partial charge in [0, 0.05) is 23.1 Å². The van der Waals surface area contributed by atoms with Crippen molar-refractivity contribution in [3.05, 3.63) is 60.0 Å². The maximum atomic E-state index is 14.1. The van der Waals surface area contributed by atoms with Crippen LogP contribution in [0.5, 0.6) is 0 Å². The van der Waals surface area contributed by atoms with E-state index in [1.165, 1.54) is 12.1 Å². The molecule has 7 heteroatoms. The maximum Gasteiger partial charge on any atom is 0.146 e. The van der Waals surface area contributed by atoms with Crippen LogP contribution in [-0.4, -0.2) is 19.6 Å². The van der Waals surface area contributed by atoms with E-state index in [4.69, 9.17) is 11.0 Å². The van der Waals surface area contributed by atoms with Gasteiger partial charge in [-0.2, -0.15) is 15.5 Å². The number of fused-ring (bicyclic) bond motifs is 1. The molecule has 0 aliphatic rings. The number of nitrogens with two attached hydrogens (primary N) is 1. The second-order valence-electron chi connectivity index (χ2n) is 6.60. The van der Waals surface area contributed by atoms with Crippen LogP contribution in [0.1, 0.15) is 25.5 Å². The first-order valence-corrected chi connectivity index (χ1v) is 8.51. The highest BCUT2D eigenvalue weighted by atomic mass is 19.1. The molecule has 0 saturated heterocycles. The summed E-state index contributed by atoms with van der Waals surface area (Å²) in [4.78, 5) is 0. The van der Waals surface area contributed by atoms with Crippen molar-refractivity contribution in [1.29, 1.82) is 5.26 Å². The van der Waals surface area contributed by atoms with Crippen LogP contribution in [0.2, 0.25) is 0 Å². The molecule has 2 aromatic carbocycles. The lowest BCUT2D eigenvalue weighted by Gasteiger charge is -2.10. The van der Waals surface area contributed by atoms with Gasteiger partial charge in [-0.25, -0.2) is 9.07 Å². The van der Waals surface area contributed by atoms with Gasteiger partial charge in [0.1, 0.15) is 17.7 Å². The minimum absolute atomic E-state index is 0.000284. The summed E-state index contributed by atoms with van der Waals surface area (Å²) in [6.45, 7) is 4.15. The van der Waals surface area contributed by atoms with Crippen LogP contribution < -0.4 is 5.73 Å². The van der Waals surface area contributed by atoms with Gasteiger partial charge in [-0.3, -0.25) is 4.68 Å². The molecule has 0 unspecified atom stereocenters. The molecule has 2 heterocycles. The number of hydrogen-bond donors (Lipinski definition) is 1. The minimum atomic E-state index is -0.574. The Kier molecular flexibility index (Phi) is 3.89. The minimum Gasteiger partial charge on any atom is -0.382 e. The zero-order valence-corrected chi connectivity index (χ0v) is 14.9. The van der Waals surface area contributed by atoms with E-state index < -0.39 is 5.82 Å². The number of anilines is 1. The molecular formula is C20H17FN6. The fraction of sp³-hybridized carbons (Fsp3) is 0.150. The predicted molar refractivity (Wildman–Crippen MR) is 102 cm³/mol. The Morgan fingerprint density at radius 3 is 2.67 bits per heavy atom. The van der Waals surface area contributed by atoms with Gasteiger partial charge in [0.25, 0.3) is 0 Å². The molecular weight excluding hydrogens is 343 g/mol. The smallest absolute Gasteiger partial charge is 0.146 e. The number of nitrogen functional groups attached to an aromatic ring is 1. The van der Waals surface area contributed by atoms with Gasteiger partial charge in [0.15, 0.2) is 0 Å². The van der Waals surface area contributed by atoms with Crippen molar-refractivity contribution in [1.82, 2.24) is 19.6 Å². The number of aromatic nitrogens is 4. The lowest BCUT2D eigenvalue weighted by molar-refractivity contribution is 0.551. The lowest BCUT2D eigenvalue weighted by atomic mass is 10.1. The fourth-order valence-corrected chi connectivity index (χ4v) is 3.15. The van der Waals surface area contributed by atoms with Crippen LogP contribution in [-0.2, 0) is 0 Å². The Hall–Kier alpha value is -3.66. The highest BCUT2D eigenvalue weighted by molar-refractivity contribution is 5.81. The van der Waals surface area contributed by atoms with E-state index in [0.717, 1.165) is 16.6 Å². The Balaban J connectivity index is 1.85. The summed E-state index contributed by atoms with van der Waals surface area (Å²) in [5, 5.41) is 18.7. The quantitative estimate of drug-likeness (QED) is 0.597. The van der Waals surface area contributed by atoms with Crippen molar-refractivity contribution in [2.45, 2.75) is 19.9 Å². The largest absolute Gasteiger partial charge is 0.382 e. The van der Waals surface area contributed by atoms with Crippen molar-refractivity contribution in [3.8, 4) is 23.0 Å². The molecule has 0 radical (unpaired) electrons. The van der Waals surface area contributed by atoms with E-state index in [1.54, 1.807) is 16.8 Å². The molecule has 4 aromatic rings. The number of rotatable bonds is 3. The number of nitrogens with zero attached hydrogens (tertiary/aromatic N) is 5. The lowest BCUT2D eigenvalue weighted by Crippen LogP contribution is -2.03. The summed E-state index contributed by atoms with van der Waals surface area (Å²) in [6.07, 6.45) is 1.81. The SMILES string of the molecule is CC(C)n1ncc2cc(-n3nc(N)cc3-c3ccc(C#N)c(F)c3)ccc21. The topological polar surface area (TPSA) is 85.4 Å². The van der Waals surface area contributed by atoms with Gasteiger partial charge < -0.3 is 5.73 Å². The zero-order valence-electron chi connectivity index (χ0n) is 14.9. The van der Waals surface area contributed by atoms with Crippen molar-refractivity contribution >= 4 is 16.7 Å². The monoisotopic (exact) mass is 360 g/mol. The van der Waals surface area contributed by atoms with E-state index in [9.17, 15) is 4.39 Å². The number of hydrogen-bond acceptors (Lipinski definition) is 4. The van der Waals surface area contributed by atoms with Crippen molar-refractivity contribution < 1.29 is 4.39 Å². The second-order valence-corrected chi connectivity index (χ2v) is 6.60. The van der Waals surface area contributed by atoms with E-state index in [0.29, 0.717) is 17.1 Å². The molecule has 0 aliphatic heterocycles. The van der Waals surface area contributed by atoms with Crippen molar-refractivity contribution in [2.24, 2.45) is 0 Å². The third-order valence-electron chi connectivity index (χ3n) is 4.43. The van der Waals surface area contributed by atoms with Crippen LogP contribution in [0.15, 0.2) is 48.7 Å². The molecule has 0 saturated carbocycles. The van der Waals surface area contributed by atoms with Gasteiger partial charge in [0.05, 0.1) is 28.7 Å². The van der Waals surface area contributed by atoms with Crippen LogP contribution in [0.3, 0.4) is 0 Å². The normalized spacial score (nSPS) is 11.2. The third-order valence-corrected chi connectivity index (χ3v) is 4.43. The van der Waals surface area contributed by atoms with Crippen LogP contribution in [0.25, 0.3) is 27.8 Å². The number of nitriles is 1.